The van der Waals surface area contributed by atoms with Gasteiger partial charge in [-0.2, -0.15) is 0 Å². The summed E-state index contributed by atoms with van der Waals surface area (Å²) in [6, 6.07) is 8.16. The van der Waals surface area contributed by atoms with Crippen molar-refractivity contribution in [1.29, 1.82) is 0 Å². The maximum atomic E-state index is 12.6. The number of amides is 2. The Labute approximate surface area is 170 Å². The summed E-state index contributed by atoms with van der Waals surface area (Å²) in [7, 11) is 0. The first-order valence-corrected chi connectivity index (χ1v) is 10.3. The van der Waals surface area contributed by atoms with E-state index >= 15 is 0 Å². The van der Waals surface area contributed by atoms with E-state index in [1.54, 1.807) is 0 Å². The first-order valence-electron chi connectivity index (χ1n) is 9.49. The number of hydrogen-bond donors (Lipinski definition) is 2. The number of benzene rings is 1. The summed E-state index contributed by atoms with van der Waals surface area (Å²) in [5.41, 5.74) is 0.497. The number of carbonyl (C=O) groups is 2. The Morgan fingerprint density at radius 3 is 2.52 bits per heavy atom. The van der Waals surface area contributed by atoms with Crippen LogP contribution in [0.15, 0.2) is 28.7 Å². The van der Waals surface area contributed by atoms with Crippen LogP contribution in [-0.4, -0.2) is 30.2 Å². The lowest BCUT2D eigenvalue weighted by Crippen LogP contribution is -2.40. The van der Waals surface area contributed by atoms with Gasteiger partial charge in [-0.05, 0) is 57.7 Å². The molecule has 2 amide bonds. The quantitative estimate of drug-likeness (QED) is 0.708. The van der Waals surface area contributed by atoms with Crippen molar-refractivity contribution in [2.45, 2.75) is 70.9 Å². The molecule has 1 fully saturated rings. The highest BCUT2D eigenvalue weighted by Crippen LogP contribution is 2.28. The first-order chi connectivity index (χ1) is 12.5. The van der Waals surface area contributed by atoms with Gasteiger partial charge in [-0.15, -0.1) is 0 Å². The van der Waals surface area contributed by atoms with Gasteiger partial charge in [0.1, 0.15) is 5.60 Å². The third-order valence-electron chi connectivity index (χ3n) is 4.83. The fourth-order valence-electron chi connectivity index (χ4n) is 3.29. The summed E-state index contributed by atoms with van der Waals surface area (Å²) in [5, 5.41) is 5.98. The summed E-state index contributed by atoms with van der Waals surface area (Å²) in [6.45, 7) is 10.3. The summed E-state index contributed by atoms with van der Waals surface area (Å²) in [6.07, 6.45) is 1.82. The number of carbonyl (C=O) groups excluding carboxylic acids is 2. The molecule has 27 heavy (non-hydrogen) atoms. The Balaban J connectivity index is 1.82. The van der Waals surface area contributed by atoms with E-state index in [-0.39, 0.29) is 23.3 Å². The molecule has 0 aliphatic heterocycles. The third-order valence-corrected chi connectivity index (χ3v) is 5.33. The zero-order valence-electron chi connectivity index (χ0n) is 16.9. The van der Waals surface area contributed by atoms with Crippen LogP contribution < -0.4 is 10.6 Å². The van der Waals surface area contributed by atoms with Crippen LogP contribution in [0, 0.1) is 5.92 Å². The predicted molar refractivity (Wildman–Crippen MR) is 111 cm³/mol. The van der Waals surface area contributed by atoms with E-state index in [9.17, 15) is 9.59 Å². The van der Waals surface area contributed by atoms with Gasteiger partial charge in [0, 0.05) is 28.4 Å². The number of alkyl carbamates (subject to hydrolysis) is 1. The van der Waals surface area contributed by atoms with Gasteiger partial charge in [-0.3, -0.25) is 4.79 Å². The normalized spacial score (nSPS) is 20.2. The minimum atomic E-state index is -0.516. The Bertz CT molecular complexity index is 682. The second kappa shape index (κ2) is 8.63. The molecule has 2 atom stereocenters. The van der Waals surface area contributed by atoms with Crippen LogP contribution in [0.2, 0.25) is 0 Å². The van der Waals surface area contributed by atoms with Gasteiger partial charge < -0.3 is 15.4 Å². The number of halogens is 1. The van der Waals surface area contributed by atoms with Crippen LogP contribution in [0.3, 0.4) is 0 Å². The molecule has 150 valence electrons. The van der Waals surface area contributed by atoms with E-state index in [1.807, 2.05) is 32.9 Å². The Kier molecular flexibility index (Phi) is 6.95. The van der Waals surface area contributed by atoms with Crippen LogP contribution in [0.5, 0.6) is 0 Å². The standard InChI is InChI=1S/C21H31BrN2O3/c1-20(2,3)27-19(26)24-17-10-9-14(11-17)18(25)23-13-21(4,5)15-7-6-8-16(22)12-15/h6-8,12,14,17H,9-11,13H2,1-5H3,(H,23,25)(H,24,26)/t14-,17-/m1/s1. The van der Waals surface area contributed by atoms with Crippen molar-refractivity contribution in [3.05, 3.63) is 34.3 Å². The summed E-state index contributed by atoms with van der Waals surface area (Å²) in [4.78, 5) is 24.5. The fraction of sp³-hybridized carbons (Fsp3) is 0.619. The molecule has 0 spiro atoms. The molecule has 1 saturated carbocycles. The molecule has 0 aromatic heterocycles. The van der Waals surface area contributed by atoms with Gasteiger partial charge >= 0.3 is 6.09 Å². The van der Waals surface area contributed by atoms with Crippen molar-refractivity contribution in [3.63, 3.8) is 0 Å². The van der Waals surface area contributed by atoms with Crippen molar-refractivity contribution in [3.8, 4) is 0 Å². The molecule has 5 nitrogen and oxygen atoms in total. The summed E-state index contributed by atoms with van der Waals surface area (Å²) >= 11 is 3.50. The SMILES string of the molecule is CC(C)(C)OC(=O)N[C@@H]1CC[C@@H](C(=O)NCC(C)(C)c2cccc(Br)c2)C1. The molecule has 1 aromatic rings. The van der Waals surface area contributed by atoms with Crippen LogP contribution in [-0.2, 0) is 14.9 Å². The van der Waals surface area contributed by atoms with E-state index in [1.165, 1.54) is 5.56 Å². The van der Waals surface area contributed by atoms with E-state index in [4.69, 9.17) is 4.74 Å². The number of nitrogens with one attached hydrogen (secondary N) is 2. The Morgan fingerprint density at radius 2 is 1.89 bits per heavy atom. The lowest BCUT2D eigenvalue weighted by molar-refractivity contribution is -0.125. The Hall–Kier alpha value is -1.56. The first kappa shape index (κ1) is 21.7. The van der Waals surface area contributed by atoms with E-state index in [0.29, 0.717) is 13.0 Å². The molecule has 0 heterocycles. The van der Waals surface area contributed by atoms with E-state index < -0.39 is 11.7 Å². The smallest absolute Gasteiger partial charge is 0.407 e. The average Bonchev–Trinajstić information content (AvgIpc) is 2.99. The fourth-order valence-corrected chi connectivity index (χ4v) is 3.69. The van der Waals surface area contributed by atoms with Gasteiger partial charge in [-0.1, -0.05) is 41.9 Å². The molecule has 0 radical (unpaired) electrons. The average molecular weight is 439 g/mol. The van der Waals surface area contributed by atoms with Crippen LogP contribution in [0.4, 0.5) is 4.79 Å². The zero-order valence-corrected chi connectivity index (χ0v) is 18.5. The van der Waals surface area contributed by atoms with E-state index in [2.05, 4.69) is 52.5 Å². The maximum absolute atomic E-state index is 12.6. The molecule has 0 unspecified atom stereocenters. The number of ether oxygens (including phenoxy) is 1. The molecule has 2 rings (SSSR count). The van der Waals surface area contributed by atoms with Crippen molar-refractivity contribution < 1.29 is 14.3 Å². The van der Waals surface area contributed by atoms with Gasteiger partial charge in [-0.25, -0.2) is 4.79 Å². The van der Waals surface area contributed by atoms with Crippen molar-refractivity contribution in [1.82, 2.24) is 10.6 Å². The second-order valence-electron chi connectivity index (χ2n) is 8.97. The Morgan fingerprint density at radius 1 is 1.19 bits per heavy atom. The maximum Gasteiger partial charge on any atom is 0.407 e. The lowest BCUT2D eigenvalue weighted by atomic mass is 9.84. The van der Waals surface area contributed by atoms with Gasteiger partial charge in [0.25, 0.3) is 0 Å². The van der Waals surface area contributed by atoms with Crippen LogP contribution in [0.25, 0.3) is 0 Å². The highest BCUT2D eigenvalue weighted by atomic mass is 79.9. The zero-order chi connectivity index (χ0) is 20.2. The molecular formula is C21H31BrN2O3. The molecule has 6 heteroatoms. The topological polar surface area (TPSA) is 67.4 Å². The third kappa shape index (κ3) is 6.83. The van der Waals surface area contributed by atoms with Crippen molar-refractivity contribution >= 4 is 27.9 Å². The van der Waals surface area contributed by atoms with Crippen molar-refractivity contribution in [2.24, 2.45) is 5.92 Å². The highest BCUT2D eigenvalue weighted by Gasteiger charge is 2.32. The molecule has 1 aliphatic carbocycles. The second-order valence-corrected chi connectivity index (χ2v) is 9.88. The monoisotopic (exact) mass is 438 g/mol. The molecule has 1 aliphatic rings. The molecule has 0 saturated heterocycles. The molecule has 1 aromatic carbocycles. The van der Waals surface area contributed by atoms with Crippen LogP contribution >= 0.6 is 15.9 Å². The number of hydrogen-bond acceptors (Lipinski definition) is 3. The molecule has 2 N–H and O–H groups in total. The summed E-state index contributed by atoms with van der Waals surface area (Å²) < 4.78 is 6.33. The minimum absolute atomic E-state index is 0.00584. The van der Waals surface area contributed by atoms with Gasteiger partial charge in [0.15, 0.2) is 0 Å². The van der Waals surface area contributed by atoms with Gasteiger partial charge in [0.05, 0.1) is 0 Å². The molecular weight excluding hydrogens is 408 g/mol. The minimum Gasteiger partial charge on any atom is -0.444 e. The van der Waals surface area contributed by atoms with Gasteiger partial charge in [0.2, 0.25) is 5.91 Å². The molecule has 0 bridgehead atoms. The highest BCUT2D eigenvalue weighted by molar-refractivity contribution is 9.10. The van der Waals surface area contributed by atoms with E-state index in [0.717, 1.165) is 17.3 Å². The van der Waals surface area contributed by atoms with Crippen molar-refractivity contribution in [2.75, 3.05) is 6.54 Å². The van der Waals surface area contributed by atoms with Crippen LogP contribution in [0.1, 0.15) is 59.4 Å². The largest absolute Gasteiger partial charge is 0.444 e. The number of rotatable bonds is 5. The predicted octanol–water partition coefficient (Wildman–Crippen LogP) is 4.54. The summed E-state index contributed by atoms with van der Waals surface area (Å²) in [5.74, 6) is -0.00481. The lowest BCUT2D eigenvalue weighted by Gasteiger charge is -2.26.